The lowest BCUT2D eigenvalue weighted by Gasteiger charge is -2.32. The highest BCUT2D eigenvalue weighted by Crippen LogP contribution is 2.34. The quantitative estimate of drug-likeness (QED) is 0.446. The van der Waals surface area contributed by atoms with Gasteiger partial charge in [-0.2, -0.15) is 4.31 Å². The number of hydrogen-bond acceptors (Lipinski definition) is 5. The van der Waals surface area contributed by atoms with Gasteiger partial charge in [-0.25, -0.2) is 17.8 Å². The predicted octanol–water partition coefficient (Wildman–Crippen LogP) is 3.79. The van der Waals surface area contributed by atoms with Crippen molar-refractivity contribution in [2.75, 3.05) is 26.2 Å². The smallest absolute Gasteiger partial charge is 0.262 e. The number of sulfonamides is 1. The van der Waals surface area contributed by atoms with E-state index in [1.54, 1.807) is 23.9 Å². The van der Waals surface area contributed by atoms with Crippen molar-refractivity contribution in [3.05, 3.63) is 42.4 Å². The van der Waals surface area contributed by atoms with E-state index < -0.39 is 10.0 Å². The standard InChI is InChI=1S/C23H36FN5O2S/c1-4-6-8-13-28(14-9-7-5-2)21-16-29(32(30,31)22-17-27(3)18-26-22)15-19(21)23-20(24)11-10-12-25-23/h10-12,17-19,21H,4-9,13-16H2,1-3H3/t19-,21-/m0/s1. The molecule has 0 spiro atoms. The number of halogens is 1. The molecule has 0 N–H and O–H groups in total. The largest absolute Gasteiger partial charge is 0.339 e. The summed E-state index contributed by atoms with van der Waals surface area (Å²) >= 11 is 0. The molecule has 2 atom stereocenters. The summed E-state index contributed by atoms with van der Waals surface area (Å²) in [5.41, 5.74) is 0.354. The molecule has 0 unspecified atom stereocenters. The third kappa shape index (κ3) is 5.74. The van der Waals surface area contributed by atoms with Gasteiger partial charge in [-0.15, -0.1) is 0 Å². The van der Waals surface area contributed by atoms with E-state index in [1.807, 2.05) is 0 Å². The molecule has 2 aromatic rings. The predicted molar refractivity (Wildman–Crippen MR) is 123 cm³/mol. The van der Waals surface area contributed by atoms with Gasteiger partial charge < -0.3 is 4.57 Å². The van der Waals surface area contributed by atoms with Crippen LogP contribution in [0.5, 0.6) is 0 Å². The van der Waals surface area contributed by atoms with Crippen LogP contribution in [-0.4, -0.2) is 64.4 Å². The molecular weight excluding hydrogens is 429 g/mol. The second-order valence-electron chi connectivity index (χ2n) is 8.69. The number of imidazole rings is 1. The van der Waals surface area contributed by atoms with Gasteiger partial charge in [-0.3, -0.25) is 9.88 Å². The van der Waals surface area contributed by atoms with Crippen molar-refractivity contribution in [3.63, 3.8) is 0 Å². The van der Waals surface area contributed by atoms with Crippen molar-refractivity contribution in [3.8, 4) is 0 Å². The Morgan fingerprint density at radius 2 is 1.78 bits per heavy atom. The topological polar surface area (TPSA) is 71.3 Å². The third-order valence-electron chi connectivity index (χ3n) is 6.25. The molecule has 1 aliphatic rings. The minimum atomic E-state index is -3.76. The van der Waals surface area contributed by atoms with Gasteiger partial charge in [0, 0.05) is 44.5 Å². The second kappa shape index (κ2) is 11.3. The van der Waals surface area contributed by atoms with Crippen molar-refractivity contribution in [2.45, 2.75) is 69.4 Å². The fraction of sp³-hybridized carbons (Fsp3) is 0.652. The Hall–Kier alpha value is -1.84. The molecule has 0 aromatic carbocycles. The maximum Gasteiger partial charge on any atom is 0.262 e. The van der Waals surface area contributed by atoms with Crippen LogP contribution in [0.15, 0.2) is 35.9 Å². The van der Waals surface area contributed by atoms with Crippen LogP contribution in [0, 0.1) is 5.82 Å². The summed E-state index contributed by atoms with van der Waals surface area (Å²) in [5, 5.41) is 0.0319. The van der Waals surface area contributed by atoms with Gasteiger partial charge >= 0.3 is 0 Å². The molecule has 0 bridgehead atoms. The summed E-state index contributed by atoms with van der Waals surface area (Å²) in [6.07, 6.45) is 11.2. The van der Waals surface area contributed by atoms with Crippen LogP contribution in [0.4, 0.5) is 4.39 Å². The van der Waals surface area contributed by atoms with Gasteiger partial charge in [0.25, 0.3) is 10.0 Å². The van der Waals surface area contributed by atoms with Crippen LogP contribution in [0.1, 0.15) is 64.0 Å². The van der Waals surface area contributed by atoms with Crippen LogP contribution < -0.4 is 0 Å². The minimum Gasteiger partial charge on any atom is -0.339 e. The number of aromatic nitrogens is 3. The van der Waals surface area contributed by atoms with Gasteiger partial charge in [-0.1, -0.05) is 39.5 Å². The van der Waals surface area contributed by atoms with E-state index in [1.165, 1.54) is 22.9 Å². The molecule has 3 rings (SSSR count). The van der Waals surface area contributed by atoms with Gasteiger partial charge in [0.05, 0.1) is 12.0 Å². The molecule has 0 radical (unpaired) electrons. The molecule has 1 fully saturated rings. The summed E-state index contributed by atoms with van der Waals surface area (Å²) in [4.78, 5) is 10.8. The number of aryl methyl sites for hydroxylation is 1. The highest BCUT2D eigenvalue weighted by molar-refractivity contribution is 7.89. The number of nitrogens with zero attached hydrogens (tertiary/aromatic N) is 5. The van der Waals surface area contributed by atoms with Crippen molar-refractivity contribution in [2.24, 2.45) is 7.05 Å². The molecule has 1 saturated heterocycles. The van der Waals surface area contributed by atoms with Crippen LogP contribution in [-0.2, 0) is 17.1 Å². The molecular formula is C23H36FN5O2S. The first-order valence-corrected chi connectivity index (χ1v) is 13.1. The third-order valence-corrected chi connectivity index (χ3v) is 7.96. The van der Waals surface area contributed by atoms with Crippen LogP contribution in [0.25, 0.3) is 0 Å². The van der Waals surface area contributed by atoms with E-state index in [-0.39, 0.29) is 29.3 Å². The fourth-order valence-electron chi connectivity index (χ4n) is 4.48. The fourth-order valence-corrected chi connectivity index (χ4v) is 5.93. The summed E-state index contributed by atoms with van der Waals surface area (Å²) in [5.74, 6) is -0.695. The van der Waals surface area contributed by atoms with Crippen molar-refractivity contribution < 1.29 is 12.8 Å². The zero-order chi connectivity index (χ0) is 23.1. The second-order valence-corrected chi connectivity index (χ2v) is 10.6. The molecule has 7 nitrogen and oxygen atoms in total. The molecule has 2 aromatic heterocycles. The normalized spacial score (nSPS) is 19.8. The average Bonchev–Trinajstić information content (AvgIpc) is 3.41. The Kier molecular flexibility index (Phi) is 8.79. The van der Waals surface area contributed by atoms with E-state index in [4.69, 9.17) is 0 Å². The Morgan fingerprint density at radius 1 is 1.09 bits per heavy atom. The molecule has 32 heavy (non-hydrogen) atoms. The first-order chi connectivity index (χ1) is 15.4. The zero-order valence-electron chi connectivity index (χ0n) is 19.5. The van der Waals surface area contributed by atoms with Crippen LogP contribution in [0.2, 0.25) is 0 Å². The van der Waals surface area contributed by atoms with Crippen molar-refractivity contribution in [1.82, 2.24) is 23.7 Å². The number of unbranched alkanes of at least 4 members (excludes halogenated alkanes) is 4. The summed E-state index contributed by atoms with van der Waals surface area (Å²) in [7, 11) is -2.02. The Bertz CT molecular complexity index is 955. The molecule has 0 saturated carbocycles. The van der Waals surface area contributed by atoms with Crippen LogP contribution in [0.3, 0.4) is 0 Å². The minimum absolute atomic E-state index is 0.0319. The Morgan fingerprint density at radius 3 is 2.34 bits per heavy atom. The molecule has 3 heterocycles. The van der Waals surface area contributed by atoms with E-state index >= 15 is 0 Å². The van der Waals surface area contributed by atoms with Crippen LogP contribution >= 0.6 is 0 Å². The first-order valence-electron chi connectivity index (χ1n) is 11.7. The van der Waals surface area contributed by atoms with Crippen molar-refractivity contribution in [1.29, 1.82) is 0 Å². The summed E-state index contributed by atoms with van der Waals surface area (Å²) in [6.45, 7) is 6.62. The van der Waals surface area contributed by atoms with E-state index in [0.717, 1.165) is 51.6 Å². The summed E-state index contributed by atoms with van der Waals surface area (Å²) in [6, 6.07) is 2.87. The zero-order valence-corrected chi connectivity index (χ0v) is 20.3. The van der Waals surface area contributed by atoms with Gasteiger partial charge in [-0.05, 0) is 38.1 Å². The monoisotopic (exact) mass is 465 g/mol. The van der Waals surface area contributed by atoms with E-state index in [9.17, 15) is 12.8 Å². The van der Waals surface area contributed by atoms with E-state index in [2.05, 4.69) is 28.7 Å². The highest BCUT2D eigenvalue weighted by Gasteiger charge is 2.44. The number of hydrogen-bond donors (Lipinski definition) is 0. The lowest BCUT2D eigenvalue weighted by molar-refractivity contribution is 0.181. The highest BCUT2D eigenvalue weighted by atomic mass is 32.2. The van der Waals surface area contributed by atoms with Gasteiger partial charge in [0.15, 0.2) is 5.03 Å². The SMILES string of the molecule is CCCCCN(CCCCC)[C@H]1CN(S(=O)(=O)c2cn(C)cn2)C[C@@H]1c1ncccc1F. The Labute approximate surface area is 191 Å². The molecule has 1 aliphatic heterocycles. The lowest BCUT2D eigenvalue weighted by Crippen LogP contribution is -2.42. The number of pyridine rings is 1. The lowest BCUT2D eigenvalue weighted by atomic mass is 9.96. The number of rotatable bonds is 12. The van der Waals surface area contributed by atoms with Gasteiger partial charge in [0.2, 0.25) is 0 Å². The average molecular weight is 466 g/mol. The molecule has 178 valence electrons. The molecule has 0 amide bonds. The van der Waals surface area contributed by atoms with E-state index in [0.29, 0.717) is 12.2 Å². The van der Waals surface area contributed by atoms with Crippen molar-refractivity contribution >= 4 is 10.0 Å². The summed E-state index contributed by atoms with van der Waals surface area (Å²) < 4.78 is 44.5. The molecule has 9 heteroatoms. The van der Waals surface area contributed by atoms with Gasteiger partial charge in [0.1, 0.15) is 5.82 Å². The maximum absolute atomic E-state index is 14.8. The molecule has 0 aliphatic carbocycles. The Balaban J connectivity index is 1.92. The first kappa shape index (κ1) is 24.8. The maximum atomic E-state index is 14.8.